The maximum Gasteiger partial charge on any atom is 0.159 e. The van der Waals surface area contributed by atoms with Gasteiger partial charge >= 0.3 is 0 Å². The predicted molar refractivity (Wildman–Crippen MR) is 82.8 cm³/mol. The third kappa shape index (κ3) is 3.23. The number of allylic oxidation sites excluding steroid dienone is 2. The Morgan fingerprint density at radius 3 is 2.60 bits per heavy atom. The number of thiophene rings is 1. The standard InChI is InChI=1S/C17H16F2S/c1-4-11(2)12(3)7-15-8-14(10-20-15)13-5-6-16(18)17(19)9-13/h5-10H,2,4H2,1,3H3/b12-7+. The zero-order chi connectivity index (χ0) is 14.7. The number of rotatable bonds is 4. The van der Waals surface area contributed by atoms with E-state index in [-0.39, 0.29) is 0 Å². The van der Waals surface area contributed by atoms with Crippen molar-refractivity contribution in [3.8, 4) is 11.1 Å². The van der Waals surface area contributed by atoms with Gasteiger partial charge < -0.3 is 0 Å². The Labute approximate surface area is 122 Å². The molecule has 3 heteroatoms. The van der Waals surface area contributed by atoms with Crippen LogP contribution in [0.1, 0.15) is 25.1 Å². The molecule has 104 valence electrons. The molecule has 0 saturated carbocycles. The van der Waals surface area contributed by atoms with Crippen LogP contribution in [0.3, 0.4) is 0 Å². The first-order valence-corrected chi connectivity index (χ1v) is 7.29. The van der Waals surface area contributed by atoms with E-state index in [1.165, 1.54) is 6.07 Å². The average Bonchev–Trinajstić information content (AvgIpc) is 2.89. The Bertz CT molecular complexity index is 665. The molecular formula is C17H16F2S. The maximum atomic E-state index is 13.2. The normalized spacial score (nSPS) is 11.7. The molecule has 1 aromatic heterocycles. The van der Waals surface area contributed by atoms with Crippen LogP contribution >= 0.6 is 11.3 Å². The van der Waals surface area contributed by atoms with Gasteiger partial charge in [-0.15, -0.1) is 11.3 Å². The first kappa shape index (κ1) is 14.7. The van der Waals surface area contributed by atoms with Gasteiger partial charge in [-0.3, -0.25) is 0 Å². The fourth-order valence-corrected chi connectivity index (χ4v) is 2.76. The van der Waals surface area contributed by atoms with E-state index in [0.29, 0.717) is 5.56 Å². The molecule has 0 saturated heterocycles. The van der Waals surface area contributed by atoms with Crippen LogP contribution in [0, 0.1) is 11.6 Å². The Morgan fingerprint density at radius 1 is 1.20 bits per heavy atom. The number of benzene rings is 1. The van der Waals surface area contributed by atoms with Crippen LogP contribution in [-0.2, 0) is 0 Å². The lowest BCUT2D eigenvalue weighted by atomic mass is 10.1. The van der Waals surface area contributed by atoms with Gasteiger partial charge in [-0.2, -0.15) is 0 Å². The van der Waals surface area contributed by atoms with Crippen LogP contribution in [0.4, 0.5) is 8.78 Å². The Kier molecular flexibility index (Phi) is 4.50. The Hall–Kier alpha value is -1.74. The van der Waals surface area contributed by atoms with E-state index in [4.69, 9.17) is 0 Å². The van der Waals surface area contributed by atoms with E-state index in [9.17, 15) is 8.78 Å². The topological polar surface area (TPSA) is 0 Å². The molecule has 2 aromatic rings. The summed E-state index contributed by atoms with van der Waals surface area (Å²) < 4.78 is 26.2. The molecule has 0 fully saturated rings. The number of hydrogen-bond donors (Lipinski definition) is 0. The van der Waals surface area contributed by atoms with Crippen LogP contribution in [0.25, 0.3) is 17.2 Å². The fourth-order valence-electron chi connectivity index (χ4n) is 1.85. The predicted octanol–water partition coefficient (Wildman–Crippen LogP) is 6.06. The SMILES string of the molecule is C=C(CC)/C(C)=C/c1cc(-c2ccc(F)c(F)c2)cs1. The lowest BCUT2D eigenvalue weighted by molar-refractivity contribution is 0.509. The maximum absolute atomic E-state index is 13.2. The van der Waals surface area contributed by atoms with Gasteiger partial charge in [0.05, 0.1) is 0 Å². The van der Waals surface area contributed by atoms with Gasteiger partial charge in [-0.25, -0.2) is 8.78 Å². The highest BCUT2D eigenvalue weighted by Gasteiger charge is 2.06. The van der Waals surface area contributed by atoms with E-state index in [1.54, 1.807) is 17.4 Å². The van der Waals surface area contributed by atoms with Gasteiger partial charge in [-0.1, -0.05) is 25.1 Å². The van der Waals surface area contributed by atoms with Crippen LogP contribution in [0.15, 0.2) is 47.4 Å². The van der Waals surface area contributed by atoms with Crippen LogP contribution in [-0.4, -0.2) is 0 Å². The molecule has 0 amide bonds. The van der Waals surface area contributed by atoms with E-state index < -0.39 is 11.6 Å². The molecule has 0 spiro atoms. The van der Waals surface area contributed by atoms with Gasteiger partial charge in [0.25, 0.3) is 0 Å². The van der Waals surface area contributed by atoms with Crippen LogP contribution in [0.2, 0.25) is 0 Å². The second kappa shape index (κ2) is 6.14. The van der Waals surface area contributed by atoms with Crippen molar-refractivity contribution in [2.24, 2.45) is 0 Å². The van der Waals surface area contributed by atoms with Crippen molar-refractivity contribution in [2.75, 3.05) is 0 Å². The monoisotopic (exact) mass is 290 g/mol. The second-order valence-corrected chi connectivity index (χ2v) is 5.59. The summed E-state index contributed by atoms with van der Waals surface area (Å²) in [5.41, 5.74) is 3.83. The lowest BCUT2D eigenvalue weighted by Gasteiger charge is -2.01. The molecule has 0 atom stereocenters. The molecule has 0 aliphatic heterocycles. The van der Waals surface area contributed by atoms with Crippen molar-refractivity contribution in [3.63, 3.8) is 0 Å². The van der Waals surface area contributed by atoms with Gasteiger partial charge in [0.15, 0.2) is 11.6 Å². The summed E-state index contributed by atoms with van der Waals surface area (Å²) in [6.45, 7) is 8.10. The summed E-state index contributed by atoms with van der Waals surface area (Å²) in [5, 5.41) is 1.94. The summed E-state index contributed by atoms with van der Waals surface area (Å²) in [5.74, 6) is -1.64. The smallest absolute Gasteiger partial charge is 0.159 e. The third-order valence-corrected chi connectivity index (χ3v) is 4.10. The molecule has 0 radical (unpaired) electrons. The molecule has 2 rings (SSSR count). The minimum Gasteiger partial charge on any atom is -0.204 e. The third-order valence-electron chi connectivity index (χ3n) is 3.22. The minimum atomic E-state index is -0.820. The fraction of sp³-hybridized carbons (Fsp3) is 0.176. The Morgan fingerprint density at radius 2 is 1.95 bits per heavy atom. The molecule has 0 N–H and O–H groups in total. The van der Waals surface area contributed by atoms with Crippen molar-refractivity contribution in [1.82, 2.24) is 0 Å². The van der Waals surface area contributed by atoms with Gasteiger partial charge in [-0.05, 0) is 59.7 Å². The zero-order valence-corrected chi connectivity index (χ0v) is 12.4. The quantitative estimate of drug-likeness (QED) is 0.600. The molecule has 0 unspecified atom stereocenters. The van der Waals surface area contributed by atoms with Crippen LogP contribution < -0.4 is 0 Å². The van der Waals surface area contributed by atoms with Gasteiger partial charge in [0.2, 0.25) is 0 Å². The lowest BCUT2D eigenvalue weighted by Crippen LogP contribution is -1.83. The number of hydrogen-bond acceptors (Lipinski definition) is 1. The van der Waals surface area contributed by atoms with Gasteiger partial charge in [0.1, 0.15) is 0 Å². The van der Waals surface area contributed by atoms with Gasteiger partial charge in [0, 0.05) is 4.88 Å². The zero-order valence-electron chi connectivity index (χ0n) is 11.5. The molecule has 1 heterocycles. The minimum absolute atomic E-state index is 0.687. The summed E-state index contributed by atoms with van der Waals surface area (Å²) in [6, 6.07) is 5.94. The summed E-state index contributed by atoms with van der Waals surface area (Å²) in [7, 11) is 0. The first-order chi connectivity index (χ1) is 9.51. The van der Waals surface area contributed by atoms with E-state index >= 15 is 0 Å². The molecule has 0 bridgehead atoms. The highest BCUT2D eigenvalue weighted by molar-refractivity contribution is 7.11. The van der Waals surface area contributed by atoms with E-state index in [1.807, 2.05) is 18.4 Å². The van der Waals surface area contributed by atoms with Crippen molar-refractivity contribution >= 4 is 17.4 Å². The Balaban J connectivity index is 2.29. The molecule has 0 nitrogen and oxygen atoms in total. The van der Waals surface area contributed by atoms with Crippen molar-refractivity contribution in [2.45, 2.75) is 20.3 Å². The van der Waals surface area contributed by atoms with E-state index in [0.717, 1.165) is 34.1 Å². The average molecular weight is 290 g/mol. The molecule has 20 heavy (non-hydrogen) atoms. The molecular weight excluding hydrogens is 274 g/mol. The van der Waals surface area contributed by atoms with Crippen LogP contribution in [0.5, 0.6) is 0 Å². The molecule has 0 aliphatic rings. The highest BCUT2D eigenvalue weighted by atomic mass is 32.1. The molecule has 1 aromatic carbocycles. The van der Waals surface area contributed by atoms with Crippen molar-refractivity contribution in [1.29, 1.82) is 0 Å². The first-order valence-electron chi connectivity index (χ1n) is 6.41. The summed E-state index contributed by atoms with van der Waals surface area (Å²) >= 11 is 1.58. The van der Waals surface area contributed by atoms with Crippen molar-refractivity contribution < 1.29 is 8.78 Å². The molecule has 0 aliphatic carbocycles. The largest absolute Gasteiger partial charge is 0.204 e. The highest BCUT2D eigenvalue weighted by Crippen LogP contribution is 2.29. The summed E-state index contributed by atoms with van der Waals surface area (Å²) in [6.07, 6.45) is 2.99. The van der Waals surface area contributed by atoms with Crippen molar-refractivity contribution in [3.05, 3.63) is 63.9 Å². The number of halogens is 2. The summed E-state index contributed by atoms with van der Waals surface area (Å²) in [4.78, 5) is 1.08. The second-order valence-electron chi connectivity index (χ2n) is 4.65. The van der Waals surface area contributed by atoms with E-state index in [2.05, 4.69) is 19.6 Å².